The smallest absolute Gasteiger partial charge is 0.236 e. The largest absolute Gasteiger partial charge is 0.342 e. The number of nitrogens with zero attached hydrogens (tertiary/aromatic N) is 4. The lowest BCUT2D eigenvalue weighted by Gasteiger charge is -2.30. The number of carbonyl (C=O) groups excluding carboxylic acids is 2. The van der Waals surface area contributed by atoms with Crippen LogP contribution in [0, 0.1) is 0 Å². The fraction of sp³-hybridized carbons (Fsp3) is 0.895. The van der Waals surface area contributed by atoms with Crippen LogP contribution in [0.3, 0.4) is 0 Å². The molecule has 0 aromatic carbocycles. The standard InChI is InChI=1S/C19H34N4O2/c24-18(22-10-3-1-4-11-22)16-20-8-7-9-21(15-14-20)17-19(25)23-12-5-2-6-13-23/h1-17H2. The minimum absolute atomic E-state index is 0.289. The van der Waals surface area contributed by atoms with Gasteiger partial charge in [-0.05, 0) is 58.0 Å². The average molecular weight is 351 g/mol. The molecule has 3 fully saturated rings. The maximum absolute atomic E-state index is 12.5. The Hall–Kier alpha value is -1.14. The van der Waals surface area contributed by atoms with Crippen molar-refractivity contribution in [1.82, 2.24) is 19.6 Å². The van der Waals surface area contributed by atoms with Crippen molar-refractivity contribution >= 4 is 11.8 Å². The molecule has 3 saturated heterocycles. The lowest BCUT2D eigenvalue weighted by molar-refractivity contribution is -0.134. The normalized spacial score (nSPS) is 24.2. The van der Waals surface area contributed by atoms with Crippen LogP contribution in [0.5, 0.6) is 0 Å². The molecule has 0 aromatic rings. The zero-order valence-electron chi connectivity index (χ0n) is 15.6. The Balaban J connectivity index is 1.40. The third-order valence-corrected chi connectivity index (χ3v) is 5.82. The van der Waals surface area contributed by atoms with E-state index < -0.39 is 0 Å². The Morgan fingerprint density at radius 3 is 1.28 bits per heavy atom. The molecular formula is C19H34N4O2. The van der Waals surface area contributed by atoms with Crippen LogP contribution >= 0.6 is 0 Å². The number of likely N-dealkylation sites (tertiary alicyclic amines) is 2. The quantitative estimate of drug-likeness (QED) is 0.759. The Morgan fingerprint density at radius 1 is 0.480 bits per heavy atom. The summed E-state index contributed by atoms with van der Waals surface area (Å²) in [7, 11) is 0. The number of hydrogen-bond acceptors (Lipinski definition) is 4. The van der Waals surface area contributed by atoms with E-state index in [4.69, 9.17) is 0 Å². The van der Waals surface area contributed by atoms with Crippen LogP contribution in [0.1, 0.15) is 44.9 Å². The van der Waals surface area contributed by atoms with Crippen LogP contribution in [0.4, 0.5) is 0 Å². The van der Waals surface area contributed by atoms with E-state index >= 15 is 0 Å². The van der Waals surface area contributed by atoms with E-state index in [0.717, 1.165) is 84.5 Å². The molecule has 0 aromatic heterocycles. The molecule has 0 N–H and O–H groups in total. The van der Waals surface area contributed by atoms with Crippen molar-refractivity contribution in [2.24, 2.45) is 0 Å². The summed E-state index contributed by atoms with van der Waals surface area (Å²) >= 11 is 0. The Labute approximate surface area is 152 Å². The SMILES string of the molecule is O=C(CN1CCCN(CC(=O)N2CCCCC2)CC1)N1CCCCC1. The van der Waals surface area contributed by atoms with Crippen LogP contribution < -0.4 is 0 Å². The van der Waals surface area contributed by atoms with Gasteiger partial charge in [-0.15, -0.1) is 0 Å². The minimum atomic E-state index is 0.289. The van der Waals surface area contributed by atoms with Gasteiger partial charge >= 0.3 is 0 Å². The highest BCUT2D eigenvalue weighted by atomic mass is 16.2. The van der Waals surface area contributed by atoms with Crippen LogP contribution in [0.25, 0.3) is 0 Å². The summed E-state index contributed by atoms with van der Waals surface area (Å²) in [6.45, 7) is 8.56. The summed E-state index contributed by atoms with van der Waals surface area (Å²) in [5.74, 6) is 0.579. The van der Waals surface area contributed by atoms with Gasteiger partial charge < -0.3 is 9.80 Å². The molecule has 6 heteroatoms. The highest BCUT2D eigenvalue weighted by Crippen LogP contribution is 2.12. The second-order valence-electron chi connectivity index (χ2n) is 7.79. The second-order valence-corrected chi connectivity index (χ2v) is 7.79. The summed E-state index contributed by atoms with van der Waals surface area (Å²) in [5.41, 5.74) is 0. The third-order valence-electron chi connectivity index (χ3n) is 5.82. The van der Waals surface area contributed by atoms with Gasteiger partial charge in [0.15, 0.2) is 0 Å². The van der Waals surface area contributed by atoms with Crippen molar-refractivity contribution in [2.45, 2.75) is 44.9 Å². The fourth-order valence-electron chi connectivity index (χ4n) is 4.21. The molecule has 3 rings (SSSR count). The van der Waals surface area contributed by atoms with E-state index in [1.807, 2.05) is 9.80 Å². The van der Waals surface area contributed by atoms with Gasteiger partial charge in [0.25, 0.3) is 0 Å². The van der Waals surface area contributed by atoms with E-state index in [1.54, 1.807) is 0 Å². The predicted molar refractivity (Wildman–Crippen MR) is 98.4 cm³/mol. The molecule has 25 heavy (non-hydrogen) atoms. The molecule has 3 aliphatic heterocycles. The molecule has 3 heterocycles. The number of piperidine rings is 2. The lowest BCUT2D eigenvalue weighted by atomic mass is 10.1. The molecule has 2 amide bonds. The first-order chi connectivity index (χ1) is 12.2. The first-order valence-electron chi connectivity index (χ1n) is 10.2. The van der Waals surface area contributed by atoms with Crippen LogP contribution in [-0.4, -0.2) is 96.9 Å². The van der Waals surface area contributed by atoms with E-state index in [0.29, 0.717) is 13.1 Å². The molecule has 0 atom stereocenters. The van der Waals surface area contributed by atoms with E-state index in [9.17, 15) is 9.59 Å². The van der Waals surface area contributed by atoms with Crippen LogP contribution in [-0.2, 0) is 9.59 Å². The van der Waals surface area contributed by atoms with Gasteiger partial charge in [0.1, 0.15) is 0 Å². The number of carbonyl (C=O) groups is 2. The lowest BCUT2D eigenvalue weighted by Crippen LogP contribution is -2.45. The molecule has 6 nitrogen and oxygen atoms in total. The van der Waals surface area contributed by atoms with Crippen molar-refractivity contribution in [1.29, 1.82) is 0 Å². The number of hydrogen-bond donors (Lipinski definition) is 0. The molecule has 0 spiro atoms. The van der Waals surface area contributed by atoms with Gasteiger partial charge in [0.2, 0.25) is 11.8 Å². The van der Waals surface area contributed by atoms with Crippen molar-refractivity contribution < 1.29 is 9.59 Å². The minimum Gasteiger partial charge on any atom is -0.342 e. The fourth-order valence-corrected chi connectivity index (χ4v) is 4.21. The Bertz CT molecular complexity index is 405. The van der Waals surface area contributed by atoms with Gasteiger partial charge in [-0.1, -0.05) is 0 Å². The zero-order valence-corrected chi connectivity index (χ0v) is 15.6. The predicted octanol–water partition coefficient (Wildman–Crippen LogP) is 1.02. The van der Waals surface area contributed by atoms with Crippen molar-refractivity contribution in [2.75, 3.05) is 65.4 Å². The molecule has 142 valence electrons. The molecule has 0 saturated carbocycles. The molecule has 0 radical (unpaired) electrons. The summed E-state index contributed by atoms with van der Waals surface area (Å²) in [4.78, 5) is 33.5. The van der Waals surface area contributed by atoms with E-state index in [-0.39, 0.29) is 11.8 Å². The summed E-state index contributed by atoms with van der Waals surface area (Å²) in [6, 6.07) is 0. The highest BCUT2D eigenvalue weighted by molar-refractivity contribution is 5.79. The van der Waals surface area contributed by atoms with Gasteiger partial charge in [-0.3, -0.25) is 19.4 Å². The average Bonchev–Trinajstić information content (AvgIpc) is 2.88. The van der Waals surface area contributed by atoms with Crippen molar-refractivity contribution in [3.8, 4) is 0 Å². The maximum atomic E-state index is 12.5. The molecule has 3 aliphatic rings. The number of rotatable bonds is 4. The van der Waals surface area contributed by atoms with E-state index in [2.05, 4.69) is 9.80 Å². The maximum Gasteiger partial charge on any atom is 0.236 e. The number of amides is 2. The molecular weight excluding hydrogens is 316 g/mol. The van der Waals surface area contributed by atoms with Crippen LogP contribution in [0.2, 0.25) is 0 Å². The van der Waals surface area contributed by atoms with Crippen molar-refractivity contribution in [3.05, 3.63) is 0 Å². The Kier molecular flexibility index (Phi) is 7.11. The summed E-state index contributed by atoms with van der Waals surface area (Å²) in [6.07, 6.45) is 8.16. The van der Waals surface area contributed by atoms with Gasteiger partial charge in [-0.25, -0.2) is 0 Å². The van der Waals surface area contributed by atoms with Gasteiger partial charge in [-0.2, -0.15) is 0 Å². The highest BCUT2D eigenvalue weighted by Gasteiger charge is 2.24. The summed E-state index contributed by atoms with van der Waals surface area (Å²) < 4.78 is 0. The molecule has 0 aliphatic carbocycles. The van der Waals surface area contributed by atoms with Crippen LogP contribution in [0.15, 0.2) is 0 Å². The summed E-state index contributed by atoms with van der Waals surface area (Å²) in [5, 5.41) is 0. The first-order valence-corrected chi connectivity index (χ1v) is 10.2. The topological polar surface area (TPSA) is 47.1 Å². The van der Waals surface area contributed by atoms with Gasteiger partial charge in [0.05, 0.1) is 13.1 Å². The van der Waals surface area contributed by atoms with Crippen molar-refractivity contribution in [3.63, 3.8) is 0 Å². The van der Waals surface area contributed by atoms with Gasteiger partial charge in [0, 0.05) is 39.3 Å². The zero-order chi connectivity index (χ0) is 17.5. The van der Waals surface area contributed by atoms with E-state index in [1.165, 1.54) is 12.8 Å². The molecule has 0 unspecified atom stereocenters. The Morgan fingerprint density at radius 2 is 0.880 bits per heavy atom. The first kappa shape index (κ1) is 18.6. The second kappa shape index (κ2) is 9.53. The monoisotopic (exact) mass is 350 g/mol. The third kappa shape index (κ3) is 5.68. The molecule has 0 bridgehead atoms.